The highest BCUT2D eigenvalue weighted by molar-refractivity contribution is 7.22. The van der Waals surface area contributed by atoms with E-state index in [1.54, 1.807) is 34.5 Å². The number of hydrogen-bond acceptors (Lipinski definition) is 8. The Morgan fingerprint density at radius 3 is 2.63 bits per heavy atom. The van der Waals surface area contributed by atoms with Crippen molar-refractivity contribution in [3.05, 3.63) is 34.7 Å². The van der Waals surface area contributed by atoms with Gasteiger partial charge in [-0.15, -0.1) is 22.7 Å². The minimum atomic E-state index is -0.530. The fraction of sp³-hybridized carbons (Fsp3) is 0.533. The molecule has 3 aromatic rings. The van der Waals surface area contributed by atoms with Crippen LogP contribution in [0, 0.1) is 0 Å². The average Bonchev–Trinajstić information content (AvgIpc) is 3.47. The molecule has 0 fully saturated rings. The number of thiophene rings is 1. The molecule has 3 amide bonds. The summed E-state index contributed by atoms with van der Waals surface area (Å²) >= 11 is 3.24. The SMILES string of the molecule is CCC(C)N(CCC(=O)Nc1sc2c(c1-c1nc3ccccc3s1)CCN(CCNC(=O)OC(C)(C)C)C2)C(C)=O. The number of ether oxygens (including phenoxy) is 1. The summed E-state index contributed by atoms with van der Waals surface area (Å²) in [5.41, 5.74) is 2.65. The van der Waals surface area contributed by atoms with Crippen LogP contribution in [0.25, 0.3) is 20.8 Å². The largest absolute Gasteiger partial charge is 0.444 e. The number of rotatable bonds is 10. The average molecular weight is 600 g/mol. The Morgan fingerprint density at radius 1 is 1.20 bits per heavy atom. The molecule has 1 atom stereocenters. The number of aromatic nitrogens is 1. The number of carbonyl (C=O) groups excluding carboxylic acids is 3. The molecule has 3 heterocycles. The van der Waals surface area contributed by atoms with Gasteiger partial charge in [0.05, 0.1) is 10.2 Å². The molecule has 9 nitrogen and oxygen atoms in total. The summed E-state index contributed by atoms with van der Waals surface area (Å²) < 4.78 is 6.45. The standard InChI is InChI=1S/C30H41N5O4S2/c1-7-19(2)35(20(3)36)16-13-25(37)33-28-26(27-32-22-10-8-9-11-23(22)40-27)21-12-15-34(18-24(21)41-28)17-14-31-29(38)39-30(4,5)6/h8-11,19H,7,12-18H2,1-6H3,(H,31,38)(H,33,37). The maximum atomic E-state index is 13.2. The number of amides is 3. The van der Waals surface area contributed by atoms with Gasteiger partial charge in [0, 0.05) is 62.6 Å². The quantitative estimate of drug-likeness (QED) is 0.302. The minimum absolute atomic E-state index is 0.0184. The lowest BCUT2D eigenvalue weighted by atomic mass is 10.0. The minimum Gasteiger partial charge on any atom is -0.444 e. The Labute approximate surface area is 250 Å². The third-order valence-corrected chi connectivity index (χ3v) is 9.29. The summed E-state index contributed by atoms with van der Waals surface area (Å²) in [6.45, 7) is 14.3. The van der Waals surface area contributed by atoms with Gasteiger partial charge in [-0.05, 0) is 58.2 Å². The summed E-state index contributed by atoms with van der Waals surface area (Å²) in [7, 11) is 0. The van der Waals surface area contributed by atoms with Crippen LogP contribution in [0.2, 0.25) is 0 Å². The molecule has 1 aliphatic heterocycles. The van der Waals surface area contributed by atoms with Crippen LogP contribution in [0.15, 0.2) is 24.3 Å². The van der Waals surface area contributed by atoms with Crippen molar-refractivity contribution in [3.8, 4) is 10.6 Å². The lowest BCUT2D eigenvalue weighted by Gasteiger charge is -2.27. The summed E-state index contributed by atoms with van der Waals surface area (Å²) in [6, 6.07) is 8.16. The van der Waals surface area contributed by atoms with E-state index in [1.807, 2.05) is 52.8 Å². The van der Waals surface area contributed by atoms with Crippen molar-refractivity contribution in [3.63, 3.8) is 0 Å². The van der Waals surface area contributed by atoms with Crippen LogP contribution in [-0.2, 0) is 27.3 Å². The summed E-state index contributed by atoms with van der Waals surface area (Å²) in [5.74, 6) is -0.130. The van der Waals surface area contributed by atoms with Gasteiger partial charge in [0.2, 0.25) is 11.8 Å². The van der Waals surface area contributed by atoms with Crippen molar-refractivity contribution < 1.29 is 19.1 Å². The molecule has 2 N–H and O–H groups in total. The molecule has 0 bridgehead atoms. The van der Waals surface area contributed by atoms with E-state index in [1.165, 1.54) is 10.4 Å². The van der Waals surface area contributed by atoms with E-state index in [0.717, 1.165) is 51.7 Å². The van der Waals surface area contributed by atoms with Crippen molar-refractivity contribution in [2.24, 2.45) is 0 Å². The molecule has 1 aromatic carbocycles. The molecule has 0 saturated heterocycles. The lowest BCUT2D eigenvalue weighted by Crippen LogP contribution is -2.39. The molecule has 2 aromatic heterocycles. The summed E-state index contributed by atoms with van der Waals surface area (Å²) in [5, 5.41) is 7.73. The number of thiazole rings is 1. The molecule has 0 aliphatic carbocycles. The van der Waals surface area contributed by atoms with Crippen LogP contribution in [-0.4, -0.2) is 70.5 Å². The summed E-state index contributed by atoms with van der Waals surface area (Å²) in [6.07, 6.45) is 1.48. The number of para-hydroxylation sites is 1. The Kier molecular flexibility index (Phi) is 10.0. The number of alkyl carbamates (subject to hydrolysis) is 1. The third-order valence-electron chi connectivity index (χ3n) is 7.10. The molecule has 1 aliphatic rings. The molecule has 0 spiro atoms. The van der Waals surface area contributed by atoms with Crippen LogP contribution in [0.5, 0.6) is 0 Å². The van der Waals surface area contributed by atoms with E-state index in [0.29, 0.717) is 19.6 Å². The Hall–Kier alpha value is -3.02. The van der Waals surface area contributed by atoms with Crippen LogP contribution < -0.4 is 10.6 Å². The molecule has 0 radical (unpaired) electrons. The zero-order valence-electron chi connectivity index (χ0n) is 24.8. The van der Waals surface area contributed by atoms with E-state index in [4.69, 9.17) is 9.72 Å². The third kappa shape index (κ3) is 8.05. The van der Waals surface area contributed by atoms with Gasteiger partial charge in [0.25, 0.3) is 0 Å². The Bertz CT molecular complexity index is 1360. The molecule has 1 unspecified atom stereocenters. The van der Waals surface area contributed by atoms with E-state index < -0.39 is 11.7 Å². The Balaban J connectivity index is 1.51. The van der Waals surface area contributed by atoms with E-state index in [-0.39, 0.29) is 24.3 Å². The molecule has 11 heteroatoms. The monoisotopic (exact) mass is 599 g/mol. The van der Waals surface area contributed by atoms with E-state index in [2.05, 4.69) is 21.6 Å². The predicted molar refractivity (Wildman–Crippen MR) is 167 cm³/mol. The number of carbonyl (C=O) groups is 3. The van der Waals surface area contributed by atoms with E-state index in [9.17, 15) is 14.4 Å². The molecule has 4 rings (SSSR count). The van der Waals surface area contributed by atoms with Gasteiger partial charge >= 0.3 is 6.09 Å². The van der Waals surface area contributed by atoms with Crippen LogP contribution in [0.4, 0.5) is 9.80 Å². The van der Waals surface area contributed by atoms with Crippen molar-refractivity contribution in [1.29, 1.82) is 0 Å². The van der Waals surface area contributed by atoms with Gasteiger partial charge in [-0.25, -0.2) is 9.78 Å². The summed E-state index contributed by atoms with van der Waals surface area (Å²) in [4.78, 5) is 47.5. The van der Waals surface area contributed by atoms with Crippen LogP contribution in [0.3, 0.4) is 0 Å². The van der Waals surface area contributed by atoms with Gasteiger partial charge in [-0.1, -0.05) is 19.1 Å². The molecule has 222 valence electrons. The predicted octanol–water partition coefficient (Wildman–Crippen LogP) is 5.88. The van der Waals surface area contributed by atoms with Gasteiger partial charge in [-0.2, -0.15) is 0 Å². The van der Waals surface area contributed by atoms with Crippen molar-refractivity contribution in [1.82, 2.24) is 20.1 Å². The van der Waals surface area contributed by atoms with Crippen molar-refractivity contribution >= 4 is 55.8 Å². The number of fused-ring (bicyclic) bond motifs is 2. The first-order chi connectivity index (χ1) is 19.4. The van der Waals surface area contributed by atoms with Crippen LogP contribution in [0.1, 0.15) is 64.8 Å². The smallest absolute Gasteiger partial charge is 0.407 e. The normalized spacial score (nSPS) is 14.4. The zero-order chi connectivity index (χ0) is 29.7. The Morgan fingerprint density at radius 2 is 1.95 bits per heavy atom. The number of nitrogens with zero attached hydrogens (tertiary/aromatic N) is 3. The van der Waals surface area contributed by atoms with E-state index >= 15 is 0 Å². The molecular weight excluding hydrogens is 558 g/mol. The maximum Gasteiger partial charge on any atom is 0.407 e. The number of nitrogens with one attached hydrogen (secondary N) is 2. The fourth-order valence-corrected chi connectivity index (χ4v) is 7.31. The molecule has 41 heavy (non-hydrogen) atoms. The first-order valence-electron chi connectivity index (χ1n) is 14.2. The topological polar surface area (TPSA) is 104 Å². The first kappa shape index (κ1) is 30.9. The van der Waals surface area contributed by atoms with Gasteiger partial charge in [0.15, 0.2) is 0 Å². The van der Waals surface area contributed by atoms with Gasteiger partial charge in [0.1, 0.15) is 15.6 Å². The second-order valence-corrected chi connectivity index (χ2v) is 13.6. The lowest BCUT2D eigenvalue weighted by molar-refractivity contribution is -0.131. The highest BCUT2D eigenvalue weighted by Crippen LogP contribution is 2.45. The second-order valence-electron chi connectivity index (χ2n) is 11.4. The van der Waals surface area contributed by atoms with Crippen LogP contribution >= 0.6 is 22.7 Å². The number of anilines is 1. The fourth-order valence-electron chi connectivity index (χ4n) is 4.89. The van der Waals surface area contributed by atoms with Gasteiger partial charge in [-0.3, -0.25) is 14.5 Å². The molecule has 0 saturated carbocycles. The second kappa shape index (κ2) is 13.3. The highest BCUT2D eigenvalue weighted by Gasteiger charge is 2.28. The maximum absolute atomic E-state index is 13.2. The molecular formula is C30H41N5O4S2. The number of hydrogen-bond donors (Lipinski definition) is 2. The first-order valence-corrected chi connectivity index (χ1v) is 15.8. The van der Waals surface area contributed by atoms with Crippen molar-refractivity contribution in [2.45, 2.75) is 79.0 Å². The van der Waals surface area contributed by atoms with Crippen molar-refractivity contribution in [2.75, 3.05) is 31.5 Å². The zero-order valence-corrected chi connectivity index (χ0v) is 26.5. The highest BCUT2D eigenvalue weighted by atomic mass is 32.1. The number of benzene rings is 1. The van der Waals surface area contributed by atoms with Gasteiger partial charge < -0.3 is 20.3 Å².